The maximum atomic E-state index is 10.1. The van der Waals surface area contributed by atoms with Crippen LogP contribution in [0, 0.1) is 10.8 Å². The summed E-state index contributed by atoms with van der Waals surface area (Å²) in [5.41, 5.74) is 11.2. The van der Waals surface area contributed by atoms with E-state index in [1.165, 1.54) is 44.6 Å². The standard InChI is InChI=1S/C40H60O2/c1-29(17-13-19-31(3)21-23-37-33(5)25-35(41)27-39(37,7)8)15-11-12-16-30(2)18-14-20-32(4)22-24-38-34(6)26-36(42)28-40(38,9)10/h11-20,35-36,41-42H,21-28H2,1-10H3/b12-11+,17-13+,18-14+,29-15+,30-16+,31-19+,32-20+. The van der Waals surface area contributed by atoms with Gasteiger partial charge in [0.05, 0.1) is 12.2 Å². The average Bonchev–Trinajstić information content (AvgIpc) is 2.84. The normalized spacial score (nSPS) is 24.7. The van der Waals surface area contributed by atoms with Gasteiger partial charge in [-0.15, -0.1) is 0 Å². The van der Waals surface area contributed by atoms with Crippen LogP contribution in [0.15, 0.2) is 105 Å². The van der Waals surface area contributed by atoms with Crippen LogP contribution >= 0.6 is 0 Å². The third kappa shape index (κ3) is 12.1. The summed E-state index contributed by atoms with van der Waals surface area (Å²) in [5, 5.41) is 20.3. The van der Waals surface area contributed by atoms with Crippen LogP contribution in [0.1, 0.15) is 121 Å². The van der Waals surface area contributed by atoms with Crippen molar-refractivity contribution in [3.05, 3.63) is 105 Å². The van der Waals surface area contributed by atoms with Crippen molar-refractivity contribution in [2.45, 2.75) is 133 Å². The lowest BCUT2D eigenvalue weighted by atomic mass is 9.70. The molecule has 2 atom stereocenters. The van der Waals surface area contributed by atoms with Gasteiger partial charge < -0.3 is 10.2 Å². The number of rotatable bonds is 12. The fourth-order valence-electron chi connectivity index (χ4n) is 6.85. The molecule has 2 nitrogen and oxygen atoms in total. The summed E-state index contributed by atoms with van der Waals surface area (Å²) in [6, 6.07) is 0. The first-order chi connectivity index (χ1) is 19.6. The Morgan fingerprint density at radius 3 is 1.31 bits per heavy atom. The molecule has 0 bridgehead atoms. The summed E-state index contributed by atoms with van der Waals surface area (Å²) in [7, 11) is 0. The number of hydrogen-bond donors (Lipinski definition) is 2. The molecular weight excluding hydrogens is 512 g/mol. The molecule has 2 heteroatoms. The van der Waals surface area contributed by atoms with Gasteiger partial charge in [0.1, 0.15) is 0 Å². The van der Waals surface area contributed by atoms with E-state index in [2.05, 4.69) is 130 Å². The van der Waals surface area contributed by atoms with Gasteiger partial charge in [-0.25, -0.2) is 0 Å². The van der Waals surface area contributed by atoms with E-state index in [1.54, 1.807) is 0 Å². The number of allylic oxidation sites excluding steroid dienone is 16. The molecule has 42 heavy (non-hydrogen) atoms. The molecule has 0 amide bonds. The van der Waals surface area contributed by atoms with Gasteiger partial charge in [0.15, 0.2) is 0 Å². The van der Waals surface area contributed by atoms with Crippen LogP contribution in [-0.2, 0) is 0 Å². The molecule has 0 spiro atoms. The highest BCUT2D eigenvalue weighted by atomic mass is 16.3. The second kappa shape index (κ2) is 16.4. The average molecular weight is 573 g/mol. The molecule has 0 fully saturated rings. The lowest BCUT2D eigenvalue weighted by molar-refractivity contribution is 0.112. The van der Waals surface area contributed by atoms with E-state index >= 15 is 0 Å². The summed E-state index contributed by atoms with van der Waals surface area (Å²) in [5.74, 6) is 0. The van der Waals surface area contributed by atoms with Crippen LogP contribution in [0.3, 0.4) is 0 Å². The predicted molar refractivity (Wildman–Crippen MR) is 184 cm³/mol. The van der Waals surface area contributed by atoms with Crippen LogP contribution < -0.4 is 0 Å². The Kier molecular flexibility index (Phi) is 14.0. The minimum atomic E-state index is -0.191. The summed E-state index contributed by atoms with van der Waals surface area (Å²) >= 11 is 0. The molecule has 2 aliphatic rings. The molecule has 2 unspecified atom stereocenters. The quantitative estimate of drug-likeness (QED) is 0.180. The zero-order valence-corrected chi connectivity index (χ0v) is 28.5. The zero-order chi connectivity index (χ0) is 31.5. The van der Waals surface area contributed by atoms with E-state index in [9.17, 15) is 10.2 Å². The van der Waals surface area contributed by atoms with Gasteiger partial charge in [0, 0.05) is 0 Å². The molecule has 0 aromatic carbocycles. The molecule has 0 aromatic rings. The molecular formula is C40H60O2. The monoisotopic (exact) mass is 572 g/mol. The highest BCUT2D eigenvalue weighted by Crippen LogP contribution is 2.44. The van der Waals surface area contributed by atoms with Gasteiger partial charge in [0.25, 0.3) is 0 Å². The van der Waals surface area contributed by atoms with E-state index in [4.69, 9.17) is 0 Å². The maximum Gasteiger partial charge on any atom is 0.0585 e. The van der Waals surface area contributed by atoms with Crippen LogP contribution in [0.2, 0.25) is 0 Å². The number of aliphatic hydroxyl groups is 2. The molecule has 2 aliphatic carbocycles. The van der Waals surface area contributed by atoms with Gasteiger partial charge in [-0.3, -0.25) is 0 Å². The van der Waals surface area contributed by atoms with E-state index in [0.717, 1.165) is 51.4 Å². The third-order valence-electron chi connectivity index (χ3n) is 9.09. The molecule has 0 saturated heterocycles. The number of aliphatic hydroxyl groups excluding tert-OH is 2. The van der Waals surface area contributed by atoms with Crippen molar-refractivity contribution >= 4 is 0 Å². The zero-order valence-electron chi connectivity index (χ0n) is 28.5. The molecule has 0 saturated carbocycles. The van der Waals surface area contributed by atoms with E-state index < -0.39 is 0 Å². The van der Waals surface area contributed by atoms with Crippen LogP contribution in [0.5, 0.6) is 0 Å². The van der Waals surface area contributed by atoms with E-state index in [0.29, 0.717) is 0 Å². The van der Waals surface area contributed by atoms with Gasteiger partial charge in [-0.05, 0) is 104 Å². The summed E-state index contributed by atoms with van der Waals surface area (Å²) in [4.78, 5) is 0. The van der Waals surface area contributed by atoms with Crippen molar-refractivity contribution in [2.24, 2.45) is 10.8 Å². The highest BCUT2D eigenvalue weighted by Gasteiger charge is 2.33. The Balaban J connectivity index is 1.82. The fourth-order valence-corrected chi connectivity index (χ4v) is 6.85. The van der Waals surface area contributed by atoms with Crippen LogP contribution in [-0.4, -0.2) is 22.4 Å². The molecule has 0 radical (unpaired) electrons. The lowest BCUT2D eigenvalue weighted by Gasteiger charge is -2.37. The molecule has 0 aromatic heterocycles. The Bertz CT molecular complexity index is 1110. The largest absolute Gasteiger partial charge is 0.393 e. The van der Waals surface area contributed by atoms with Gasteiger partial charge in [-0.2, -0.15) is 0 Å². The first-order valence-corrected chi connectivity index (χ1v) is 16.0. The van der Waals surface area contributed by atoms with E-state index in [-0.39, 0.29) is 23.0 Å². The third-order valence-corrected chi connectivity index (χ3v) is 9.09. The molecule has 0 heterocycles. The van der Waals surface area contributed by atoms with Crippen molar-refractivity contribution in [1.29, 1.82) is 0 Å². The van der Waals surface area contributed by atoms with Crippen LogP contribution in [0.4, 0.5) is 0 Å². The van der Waals surface area contributed by atoms with Crippen molar-refractivity contribution in [3.63, 3.8) is 0 Å². The Morgan fingerprint density at radius 1 is 0.619 bits per heavy atom. The molecule has 0 aliphatic heterocycles. The predicted octanol–water partition coefficient (Wildman–Crippen LogP) is 11.0. The van der Waals surface area contributed by atoms with Crippen LogP contribution in [0.25, 0.3) is 0 Å². The summed E-state index contributed by atoms with van der Waals surface area (Å²) < 4.78 is 0. The Labute approximate surface area is 258 Å². The minimum Gasteiger partial charge on any atom is -0.393 e. The van der Waals surface area contributed by atoms with Gasteiger partial charge in [0.2, 0.25) is 0 Å². The van der Waals surface area contributed by atoms with Crippen molar-refractivity contribution < 1.29 is 10.2 Å². The first-order valence-electron chi connectivity index (χ1n) is 16.0. The topological polar surface area (TPSA) is 40.5 Å². The van der Waals surface area contributed by atoms with Crippen molar-refractivity contribution in [2.75, 3.05) is 0 Å². The fraction of sp³-hybridized carbons (Fsp3) is 0.550. The van der Waals surface area contributed by atoms with Crippen molar-refractivity contribution in [1.82, 2.24) is 0 Å². The van der Waals surface area contributed by atoms with E-state index in [1.807, 2.05) is 0 Å². The summed E-state index contributed by atoms with van der Waals surface area (Å²) in [6.45, 7) is 22.2. The molecule has 232 valence electrons. The SMILES string of the molecule is CC1=C(CC/C(C)=C/C=C/C(C)=C/C=C/C=C(C)/C=C/C=C(\C)CCC2=C(C)CC(O)CC2(C)C)C(C)(C)CC(O)C1. The smallest absolute Gasteiger partial charge is 0.0585 e. The second-order valence-corrected chi connectivity index (χ2v) is 14.4. The highest BCUT2D eigenvalue weighted by molar-refractivity contribution is 5.31. The molecule has 2 N–H and O–H groups in total. The first kappa shape index (κ1) is 35.8. The molecule has 2 rings (SSSR count). The Hall–Kier alpha value is -2.42. The minimum absolute atomic E-state index is 0.0949. The Morgan fingerprint density at radius 2 is 0.976 bits per heavy atom. The second-order valence-electron chi connectivity index (χ2n) is 14.4. The lowest BCUT2D eigenvalue weighted by Crippen LogP contribution is -2.29. The van der Waals surface area contributed by atoms with Crippen molar-refractivity contribution in [3.8, 4) is 0 Å². The maximum absolute atomic E-state index is 10.1. The summed E-state index contributed by atoms with van der Waals surface area (Å²) in [6.07, 6.45) is 28.9. The van der Waals surface area contributed by atoms with Gasteiger partial charge >= 0.3 is 0 Å². The van der Waals surface area contributed by atoms with Gasteiger partial charge in [-0.1, -0.05) is 133 Å². The number of hydrogen-bond acceptors (Lipinski definition) is 2.